The number of allylic oxidation sites excluding steroid dienone is 1. The molecule has 144 valence electrons. The lowest BCUT2D eigenvalue weighted by molar-refractivity contribution is -0.126. The van der Waals surface area contributed by atoms with Crippen molar-refractivity contribution in [2.45, 2.75) is 19.1 Å². The van der Waals surface area contributed by atoms with Gasteiger partial charge in [-0.15, -0.1) is 10.2 Å². The van der Waals surface area contributed by atoms with Crippen LogP contribution in [0.5, 0.6) is 5.88 Å². The number of imide groups is 1. The van der Waals surface area contributed by atoms with Crippen molar-refractivity contribution in [2.75, 3.05) is 13.6 Å². The number of urea groups is 1. The van der Waals surface area contributed by atoms with Gasteiger partial charge in [-0.25, -0.2) is 9.79 Å². The van der Waals surface area contributed by atoms with E-state index in [0.717, 1.165) is 5.52 Å². The minimum Gasteiger partial charge on any atom is -0.493 e. The van der Waals surface area contributed by atoms with Gasteiger partial charge in [0.2, 0.25) is 11.8 Å². The van der Waals surface area contributed by atoms with Crippen molar-refractivity contribution in [3.8, 4) is 5.88 Å². The maximum absolute atomic E-state index is 12.4. The van der Waals surface area contributed by atoms with E-state index in [-0.39, 0.29) is 17.5 Å². The summed E-state index contributed by atoms with van der Waals surface area (Å²) in [5, 5.41) is 21.6. The van der Waals surface area contributed by atoms with E-state index in [2.05, 4.69) is 25.5 Å². The van der Waals surface area contributed by atoms with Crippen LogP contribution in [0.1, 0.15) is 6.92 Å². The van der Waals surface area contributed by atoms with Gasteiger partial charge in [0.05, 0.1) is 5.52 Å². The highest BCUT2D eigenvalue weighted by molar-refractivity contribution is 6.04. The largest absolute Gasteiger partial charge is 0.493 e. The summed E-state index contributed by atoms with van der Waals surface area (Å²) in [5.74, 6) is -0.318. The molecule has 0 spiro atoms. The van der Waals surface area contributed by atoms with Gasteiger partial charge in [-0.2, -0.15) is 0 Å². The van der Waals surface area contributed by atoms with E-state index < -0.39 is 24.1 Å². The maximum atomic E-state index is 12.4. The van der Waals surface area contributed by atoms with E-state index in [4.69, 9.17) is 0 Å². The molecular weight excluding hydrogens is 362 g/mol. The zero-order valence-corrected chi connectivity index (χ0v) is 15.3. The van der Waals surface area contributed by atoms with Crippen molar-refractivity contribution in [3.05, 3.63) is 36.4 Å². The molecule has 3 amide bonds. The summed E-state index contributed by atoms with van der Waals surface area (Å²) < 4.78 is 0. The number of aromatic hydroxyl groups is 1. The number of para-hydroxylation sites is 1. The first-order valence-corrected chi connectivity index (χ1v) is 8.76. The number of likely N-dealkylation sites (N-methyl/N-ethyl adjacent to an activating group) is 1. The molecule has 2 aliphatic rings. The van der Waals surface area contributed by atoms with Crippen molar-refractivity contribution in [1.82, 2.24) is 20.1 Å². The Morgan fingerprint density at radius 3 is 2.86 bits per heavy atom. The van der Waals surface area contributed by atoms with E-state index in [1.807, 2.05) is 43.3 Å². The van der Waals surface area contributed by atoms with Gasteiger partial charge in [-0.3, -0.25) is 10.1 Å². The normalized spacial score (nSPS) is 22.4. The molecule has 28 heavy (non-hydrogen) atoms. The molecule has 0 saturated carbocycles. The minimum absolute atomic E-state index is 0.106. The van der Waals surface area contributed by atoms with Crippen LogP contribution in [0.4, 0.5) is 10.5 Å². The van der Waals surface area contributed by atoms with Crippen LogP contribution in [0.2, 0.25) is 0 Å². The van der Waals surface area contributed by atoms with Gasteiger partial charge in [0.15, 0.2) is 17.9 Å². The summed E-state index contributed by atoms with van der Waals surface area (Å²) in [6.07, 6.45) is 3.03. The molecule has 0 aliphatic carbocycles. The number of guanidine groups is 1. The summed E-state index contributed by atoms with van der Waals surface area (Å²) in [6, 6.07) is 6.11. The van der Waals surface area contributed by atoms with Gasteiger partial charge in [-0.05, 0) is 13.0 Å². The van der Waals surface area contributed by atoms with E-state index in [1.54, 1.807) is 11.9 Å². The average molecular weight is 381 g/mol. The molecule has 1 fully saturated rings. The number of azo groups is 1. The highest BCUT2D eigenvalue weighted by Gasteiger charge is 2.48. The van der Waals surface area contributed by atoms with Crippen molar-refractivity contribution in [2.24, 2.45) is 15.2 Å². The predicted molar refractivity (Wildman–Crippen MR) is 102 cm³/mol. The Hall–Kier alpha value is -3.69. The molecule has 2 aromatic rings. The van der Waals surface area contributed by atoms with Crippen LogP contribution in [0.3, 0.4) is 0 Å². The average Bonchev–Trinajstić information content (AvgIpc) is 3.20. The van der Waals surface area contributed by atoms with Gasteiger partial charge in [0.25, 0.3) is 5.91 Å². The monoisotopic (exact) mass is 381 g/mol. The summed E-state index contributed by atoms with van der Waals surface area (Å²) in [6.45, 7) is 2.25. The number of carbonyl (C=O) groups is 2. The highest BCUT2D eigenvalue weighted by Crippen LogP contribution is 2.35. The molecule has 4 rings (SSSR count). The Labute approximate surface area is 160 Å². The molecule has 10 nitrogen and oxygen atoms in total. The van der Waals surface area contributed by atoms with Crippen LogP contribution in [0, 0.1) is 0 Å². The Balaban J connectivity index is 1.71. The number of aliphatic imine (C=N–C) groups is 1. The predicted octanol–water partition coefficient (Wildman–Crippen LogP) is 2.08. The van der Waals surface area contributed by atoms with Crippen molar-refractivity contribution >= 4 is 34.5 Å². The molecule has 2 atom stereocenters. The number of rotatable bonds is 3. The number of carbonyl (C=O) groups excluding carboxylic acids is 2. The molecule has 10 heteroatoms. The molecule has 1 aromatic heterocycles. The first kappa shape index (κ1) is 17.7. The van der Waals surface area contributed by atoms with Crippen LogP contribution in [-0.2, 0) is 4.79 Å². The Morgan fingerprint density at radius 2 is 2.07 bits per heavy atom. The van der Waals surface area contributed by atoms with Crippen LogP contribution in [0.15, 0.2) is 51.6 Å². The number of H-pyrrole nitrogens is 1. The lowest BCUT2D eigenvalue weighted by Crippen LogP contribution is -2.63. The molecule has 3 heterocycles. The first-order chi connectivity index (χ1) is 13.5. The molecule has 1 saturated heterocycles. The maximum Gasteiger partial charge on any atom is 0.325 e. The van der Waals surface area contributed by atoms with Gasteiger partial charge in [0.1, 0.15) is 0 Å². The topological polar surface area (TPSA) is 126 Å². The molecule has 1 aromatic carbocycles. The van der Waals surface area contributed by atoms with E-state index in [0.29, 0.717) is 11.9 Å². The fourth-order valence-corrected chi connectivity index (χ4v) is 3.32. The zero-order valence-electron chi connectivity index (χ0n) is 15.3. The fourth-order valence-electron chi connectivity index (χ4n) is 3.32. The second kappa shape index (κ2) is 6.80. The Kier molecular flexibility index (Phi) is 4.30. The lowest BCUT2D eigenvalue weighted by atomic mass is 10.1. The number of hydrogen-bond acceptors (Lipinski definition) is 7. The van der Waals surface area contributed by atoms with Gasteiger partial charge >= 0.3 is 6.03 Å². The quantitative estimate of drug-likeness (QED) is 0.556. The SMILES string of the molecule is C/C=C/CN1C(N=Nc2c(O)[nH]c3ccccc23)=NC2C1C(=O)NC(=O)N2C. The third kappa shape index (κ3) is 2.79. The van der Waals surface area contributed by atoms with Gasteiger partial charge in [-0.1, -0.05) is 30.4 Å². The molecular formula is C18H19N7O3. The number of aromatic amines is 1. The molecule has 3 N–H and O–H groups in total. The van der Waals surface area contributed by atoms with Gasteiger partial charge < -0.3 is 19.9 Å². The van der Waals surface area contributed by atoms with Crippen LogP contribution >= 0.6 is 0 Å². The number of fused-ring (bicyclic) bond motifs is 2. The van der Waals surface area contributed by atoms with Crippen molar-refractivity contribution in [3.63, 3.8) is 0 Å². The smallest absolute Gasteiger partial charge is 0.325 e. The van der Waals surface area contributed by atoms with E-state index in [1.165, 1.54) is 4.90 Å². The highest BCUT2D eigenvalue weighted by atomic mass is 16.3. The third-order valence-electron chi connectivity index (χ3n) is 4.78. The number of aromatic nitrogens is 1. The van der Waals surface area contributed by atoms with Crippen LogP contribution in [0.25, 0.3) is 10.9 Å². The summed E-state index contributed by atoms with van der Waals surface area (Å²) >= 11 is 0. The van der Waals surface area contributed by atoms with Crippen molar-refractivity contribution in [1.29, 1.82) is 0 Å². The van der Waals surface area contributed by atoms with Gasteiger partial charge in [0, 0.05) is 19.0 Å². The fraction of sp³-hybridized carbons (Fsp3) is 0.278. The van der Waals surface area contributed by atoms with Crippen LogP contribution in [-0.4, -0.2) is 63.6 Å². The Morgan fingerprint density at radius 1 is 1.29 bits per heavy atom. The number of amides is 3. The van der Waals surface area contributed by atoms with E-state index >= 15 is 0 Å². The molecule has 0 bridgehead atoms. The summed E-state index contributed by atoms with van der Waals surface area (Å²) in [5.41, 5.74) is 1.01. The zero-order chi connectivity index (χ0) is 19.8. The summed E-state index contributed by atoms with van der Waals surface area (Å²) in [4.78, 5) is 34.6. The lowest BCUT2D eigenvalue weighted by Gasteiger charge is -2.35. The Bertz CT molecular complexity index is 1040. The number of nitrogens with zero attached hydrogens (tertiary/aromatic N) is 5. The molecule has 0 radical (unpaired) electrons. The van der Waals surface area contributed by atoms with E-state index in [9.17, 15) is 14.7 Å². The summed E-state index contributed by atoms with van der Waals surface area (Å²) in [7, 11) is 1.57. The first-order valence-electron chi connectivity index (χ1n) is 8.76. The number of hydrogen-bond donors (Lipinski definition) is 3. The van der Waals surface area contributed by atoms with Crippen LogP contribution < -0.4 is 5.32 Å². The molecule has 2 aliphatic heterocycles. The number of nitrogens with one attached hydrogen (secondary N) is 2. The van der Waals surface area contributed by atoms with Crippen molar-refractivity contribution < 1.29 is 14.7 Å². The second-order valence-electron chi connectivity index (χ2n) is 6.48. The molecule has 2 unspecified atom stereocenters. The second-order valence-corrected chi connectivity index (χ2v) is 6.48. The minimum atomic E-state index is -0.690. The third-order valence-corrected chi connectivity index (χ3v) is 4.78. The number of benzene rings is 1. The standard InChI is InChI=1S/C18H19N7O3/c1-3-4-9-25-13-14(24(2)18(28)21-16(13)27)20-17(25)23-22-12-10-7-5-6-8-11(10)19-15(12)26/h3-8,13-14,19,26H,9H2,1-2H3,(H,21,27,28)/b4-3+,23-22?.